The Bertz CT molecular complexity index is 252. The molecule has 5 nitrogen and oxygen atoms in total. The molecule has 86 valence electrons. The van der Waals surface area contributed by atoms with Crippen LogP contribution in [0.1, 0.15) is 20.3 Å². The summed E-state index contributed by atoms with van der Waals surface area (Å²) in [6.07, 6.45) is 0.393. The lowest BCUT2D eigenvalue weighted by Crippen LogP contribution is -2.52. The zero-order valence-electron chi connectivity index (χ0n) is 9.10. The van der Waals surface area contributed by atoms with Crippen LogP contribution in [-0.2, 0) is 14.3 Å². The molecule has 1 aliphatic rings. The first-order chi connectivity index (χ1) is 7.02. The molecular formula is C10H17NO4. The fraction of sp³-hybridized carbons (Fsp3) is 0.800. The molecule has 0 aromatic carbocycles. The van der Waals surface area contributed by atoms with E-state index in [-0.39, 0.29) is 18.4 Å². The Kier molecular flexibility index (Phi) is 4.08. The first-order valence-corrected chi connectivity index (χ1v) is 5.12. The molecule has 0 saturated carbocycles. The SMILES string of the molecule is CC(C)CC(=O)N1CCOCC1C(=O)O. The molecule has 0 spiro atoms. The fourth-order valence-corrected chi connectivity index (χ4v) is 1.57. The summed E-state index contributed by atoms with van der Waals surface area (Å²) in [4.78, 5) is 24.0. The van der Waals surface area contributed by atoms with Crippen LogP contribution in [0.5, 0.6) is 0 Å². The van der Waals surface area contributed by atoms with Crippen molar-refractivity contribution in [2.75, 3.05) is 19.8 Å². The Hall–Kier alpha value is -1.10. The zero-order valence-corrected chi connectivity index (χ0v) is 9.10. The number of morpholine rings is 1. The Morgan fingerprint density at radius 2 is 2.20 bits per heavy atom. The Labute approximate surface area is 89.0 Å². The van der Waals surface area contributed by atoms with E-state index in [2.05, 4.69) is 0 Å². The summed E-state index contributed by atoms with van der Waals surface area (Å²) >= 11 is 0. The van der Waals surface area contributed by atoms with Crippen molar-refractivity contribution in [3.63, 3.8) is 0 Å². The molecule has 1 unspecified atom stereocenters. The number of carbonyl (C=O) groups is 2. The van der Waals surface area contributed by atoms with Crippen molar-refractivity contribution < 1.29 is 19.4 Å². The van der Waals surface area contributed by atoms with Crippen LogP contribution in [0.25, 0.3) is 0 Å². The smallest absolute Gasteiger partial charge is 0.328 e. The molecule has 5 heteroatoms. The third-order valence-electron chi connectivity index (χ3n) is 2.32. The number of carboxylic acid groups (broad SMARTS) is 1. The standard InChI is InChI=1S/C10H17NO4/c1-7(2)5-9(12)11-3-4-15-6-8(11)10(13)14/h7-8H,3-6H2,1-2H3,(H,13,14). The van der Waals surface area contributed by atoms with Crippen LogP contribution >= 0.6 is 0 Å². The highest BCUT2D eigenvalue weighted by Gasteiger charge is 2.32. The highest BCUT2D eigenvalue weighted by molar-refractivity contribution is 5.84. The molecule has 1 N–H and O–H groups in total. The number of amides is 1. The lowest BCUT2D eigenvalue weighted by atomic mass is 10.1. The van der Waals surface area contributed by atoms with E-state index in [4.69, 9.17) is 9.84 Å². The summed E-state index contributed by atoms with van der Waals surface area (Å²) in [5.41, 5.74) is 0. The average Bonchev–Trinajstić information content (AvgIpc) is 2.16. The van der Waals surface area contributed by atoms with Crippen LogP contribution < -0.4 is 0 Å². The van der Waals surface area contributed by atoms with E-state index in [0.29, 0.717) is 19.6 Å². The summed E-state index contributed by atoms with van der Waals surface area (Å²) in [5.74, 6) is -0.845. The Balaban J connectivity index is 2.63. The van der Waals surface area contributed by atoms with Crippen LogP contribution in [-0.4, -0.2) is 47.7 Å². The molecule has 1 rings (SSSR count). The van der Waals surface area contributed by atoms with Gasteiger partial charge in [0.1, 0.15) is 0 Å². The summed E-state index contributed by atoms with van der Waals surface area (Å²) in [5, 5.41) is 8.92. The van der Waals surface area contributed by atoms with E-state index in [1.54, 1.807) is 0 Å². The van der Waals surface area contributed by atoms with Crippen molar-refractivity contribution in [1.82, 2.24) is 4.90 Å². The molecule has 0 aliphatic carbocycles. The zero-order chi connectivity index (χ0) is 11.4. The van der Waals surface area contributed by atoms with Gasteiger partial charge < -0.3 is 14.7 Å². The van der Waals surface area contributed by atoms with Gasteiger partial charge in [-0.2, -0.15) is 0 Å². The van der Waals surface area contributed by atoms with Crippen LogP contribution in [0, 0.1) is 5.92 Å². The normalized spacial score (nSPS) is 21.8. The van der Waals surface area contributed by atoms with Gasteiger partial charge in [0, 0.05) is 13.0 Å². The Morgan fingerprint density at radius 3 is 2.73 bits per heavy atom. The van der Waals surface area contributed by atoms with E-state index in [1.165, 1.54) is 4.90 Å². The van der Waals surface area contributed by atoms with Gasteiger partial charge in [0.05, 0.1) is 13.2 Å². The second-order valence-electron chi connectivity index (χ2n) is 4.11. The van der Waals surface area contributed by atoms with E-state index in [1.807, 2.05) is 13.8 Å². The van der Waals surface area contributed by atoms with Crippen LogP contribution in [0.4, 0.5) is 0 Å². The molecule has 15 heavy (non-hydrogen) atoms. The van der Waals surface area contributed by atoms with Crippen LogP contribution in [0.3, 0.4) is 0 Å². The molecule has 0 aromatic rings. The maximum Gasteiger partial charge on any atom is 0.328 e. The van der Waals surface area contributed by atoms with Gasteiger partial charge in [-0.05, 0) is 5.92 Å². The Morgan fingerprint density at radius 1 is 1.53 bits per heavy atom. The van der Waals surface area contributed by atoms with Gasteiger partial charge in [0.25, 0.3) is 0 Å². The molecular weight excluding hydrogens is 198 g/mol. The number of ether oxygens (including phenoxy) is 1. The molecule has 1 amide bonds. The molecule has 0 radical (unpaired) electrons. The number of nitrogens with zero attached hydrogens (tertiary/aromatic N) is 1. The summed E-state index contributed by atoms with van der Waals surface area (Å²) in [6.45, 7) is 4.78. The van der Waals surface area contributed by atoms with Crippen LogP contribution in [0.15, 0.2) is 0 Å². The highest BCUT2D eigenvalue weighted by Crippen LogP contribution is 2.12. The van der Waals surface area contributed by atoms with Crippen molar-refractivity contribution in [3.05, 3.63) is 0 Å². The minimum Gasteiger partial charge on any atom is -0.480 e. The molecule has 1 atom stereocenters. The highest BCUT2D eigenvalue weighted by atomic mass is 16.5. The molecule has 0 aromatic heterocycles. The summed E-state index contributed by atoms with van der Waals surface area (Å²) in [7, 11) is 0. The number of rotatable bonds is 3. The minimum atomic E-state index is -0.994. The topological polar surface area (TPSA) is 66.8 Å². The van der Waals surface area contributed by atoms with Crippen LogP contribution in [0.2, 0.25) is 0 Å². The van der Waals surface area contributed by atoms with Crippen molar-refractivity contribution in [1.29, 1.82) is 0 Å². The quantitative estimate of drug-likeness (QED) is 0.737. The molecule has 1 fully saturated rings. The number of carboxylic acids is 1. The van der Waals surface area contributed by atoms with E-state index in [9.17, 15) is 9.59 Å². The number of carbonyl (C=O) groups excluding carboxylic acids is 1. The minimum absolute atomic E-state index is 0.0964. The van der Waals surface area contributed by atoms with Gasteiger partial charge >= 0.3 is 5.97 Å². The van der Waals surface area contributed by atoms with Gasteiger partial charge in [-0.15, -0.1) is 0 Å². The maximum absolute atomic E-state index is 11.7. The monoisotopic (exact) mass is 215 g/mol. The maximum atomic E-state index is 11.7. The van der Waals surface area contributed by atoms with E-state index in [0.717, 1.165) is 0 Å². The van der Waals surface area contributed by atoms with E-state index >= 15 is 0 Å². The van der Waals surface area contributed by atoms with Crippen molar-refractivity contribution in [2.45, 2.75) is 26.3 Å². The first-order valence-electron chi connectivity index (χ1n) is 5.12. The third-order valence-corrected chi connectivity index (χ3v) is 2.32. The first kappa shape index (κ1) is 12.0. The van der Waals surface area contributed by atoms with Crippen molar-refractivity contribution >= 4 is 11.9 Å². The molecule has 1 aliphatic heterocycles. The largest absolute Gasteiger partial charge is 0.480 e. The molecule has 0 bridgehead atoms. The van der Waals surface area contributed by atoms with Gasteiger partial charge in [0.2, 0.25) is 5.91 Å². The van der Waals surface area contributed by atoms with Gasteiger partial charge in [-0.1, -0.05) is 13.8 Å². The van der Waals surface area contributed by atoms with Crippen molar-refractivity contribution in [3.8, 4) is 0 Å². The number of aliphatic carboxylic acids is 1. The molecule has 1 heterocycles. The average molecular weight is 215 g/mol. The van der Waals surface area contributed by atoms with Crippen molar-refractivity contribution in [2.24, 2.45) is 5.92 Å². The fourth-order valence-electron chi connectivity index (χ4n) is 1.57. The lowest BCUT2D eigenvalue weighted by molar-refractivity contribution is -0.158. The predicted octanol–water partition coefficient (Wildman–Crippen LogP) is 0.344. The second kappa shape index (κ2) is 5.11. The van der Waals surface area contributed by atoms with Gasteiger partial charge in [-0.25, -0.2) is 4.79 Å². The second-order valence-corrected chi connectivity index (χ2v) is 4.11. The lowest BCUT2D eigenvalue weighted by Gasteiger charge is -2.33. The third kappa shape index (κ3) is 3.20. The van der Waals surface area contributed by atoms with Gasteiger partial charge in [-0.3, -0.25) is 4.79 Å². The molecule has 1 saturated heterocycles. The number of hydrogen-bond acceptors (Lipinski definition) is 3. The number of hydrogen-bond donors (Lipinski definition) is 1. The summed E-state index contributed by atoms with van der Waals surface area (Å²) in [6, 6.07) is -0.815. The summed E-state index contributed by atoms with van der Waals surface area (Å²) < 4.78 is 5.05. The predicted molar refractivity (Wildman–Crippen MR) is 53.4 cm³/mol. The van der Waals surface area contributed by atoms with Gasteiger partial charge in [0.15, 0.2) is 6.04 Å². The van der Waals surface area contributed by atoms with E-state index < -0.39 is 12.0 Å².